The molecule has 0 fully saturated rings. The van der Waals surface area contributed by atoms with Crippen molar-refractivity contribution in [2.45, 2.75) is 26.3 Å². The van der Waals surface area contributed by atoms with Crippen molar-refractivity contribution in [2.24, 2.45) is 17.8 Å². The first-order valence-corrected chi connectivity index (χ1v) is 8.82. The van der Waals surface area contributed by atoms with Crippen LogP contribution in [0.3, 0.4) is 0 Å². The fourth-order valence-electron chi connectivity index (χ4n) is 3.06. The number of fused-ring (bicyclic) bond motifs is 1. The van der Waals surface area contributed by atoms with Crippen LogP contribution in [-0.2, 0) is 7.05 Å². The van der Waals surface area contributed by atoms with Crippen molar-refractivity contribution < 1.29 is 4.39 Å². The molecule has 3 rings (SSSR count). The Morgan fingerprint density at radius 2 is 2.12 bits per heavy atom. The van der Waals surface area contributed by atoms with E-state index in [2.05, 4.69) is 28.7 Å². The van der Waals surface area contributed by atoms with Crippen LogP contribution in [0.15, 0.2) is 28.2 Å². The summed E-state index contributed by atoms with van der Waals surface area (Å²) >= 11 is 6.58. The van der Waals surface area contributed by atoms with Crippen LogP contribution in [0.4, 0.5) is 4.39 Å². The predicted molar refractivity (Wildman–Crippen MR) is 101 cm³/mol. The summed E-state index contributed by atoms with van der Waals surface area (Å²) in [6, 6.07) is 5.25. The topological polar surface area (TPSA) is 59.4 Å². The van der Waals surface area contributed by atoms with E-state index in [1.165, 1.54) is 6.07 Å². The molecule has 0 unspecified atom stereocenters. The SMILES string of the molecule is CC(C)N1CCCN=C(/C(Cl)=C(\N)c2nc3c(F)cccc3n2C)C1. The van der Waals surface area contributed by atoms with Gasteiger partial charge in [-0.15, -0.1) is 0 Å². The highest BCUT2D eigenvalue weighted by Gasteiger charge is 2.21. The van der Waals surface area contributed by atoms with E-state index >= 15 is 0 Å². The summed E-state index contributed by atoms with van der Waals surface area (Å²) in [5.74, 6) is 0.0780. The van der Waals surface area contributed by atoms with Gasteiger partial charge >= 0.3 is 0 Å². The summed E-state index contributed by atoms with van der Waals surface area (Å²) < 4.78 is 15.8. The number of nitrogens with zero attached hydrogens (tertiary/aromatic N) is 4. The molecule has 2 N–H and O–H groups in total. The molecule has 25 heavy (non-hydrogen) atoms. The predicted octanol–water partition coefficient (Wildman–Crippen LogP) is 3.13. The highest BCUT2D eigenvalue weighted by molar-refractivity contribution is 6.46. The van der Waals surface area contributed by atoms with Crippen LogP contribution in [0.2, 0.25) is 0 Å². The van der Waals surface area contributed by atoms with Crippen molar-refractivity contribution in [3.05, 3.63) is 34.9 Å². The molecule has 0 bridgehead atoms. The molecule has 1 aliphatic heterocycles. The van der Waals surface area contributed by atoms with E-state index in [1.807, 2.05) is 0 Å². The molecule has 2 aromatic rings. The van der Waals surface area contributed by atoms with E-state index in [0.717, 1.165) is 25.2 Å². The van der Waals surface area contributed by atoms with Crippen molar-refractivity contribution in [3.63, 3.8) is 0 Å². The molecule has 0 aliphatic carbocycles. The fraction of sp³-hybridized carbons (Fsp3) is 0.444. The molecule has 7 heteroatoms. The Kier molecular flexibility index (Phi) is 5.11. The van der Waals surface area contributed by atoms with Crippen molar-refractivity contribution >= 4 is 34.0 Å². The third kappa shape index (κ3) is 3.41. The van der Waals surface area contributed by atoms with Crippen LogP contribution in [0.5, 0.6) is 0 Å². The Balaban J connectivity index is 2.03. The van der Waals surface area contributed by atoms with E-state index in [1.54, 1.807) is 23.7 Å². The van der Waals surface area contributed by atoms with Gasteiger partial charge in [-0.1, -0.05) is 17.7 Å². The first-order valence-electron chi connectivity index (χ1n) is 8.44. The van der Waals surface area contributed by atoms with Crippen LogP contribution in [-0.4, -0.2) is 45.8 Å². The van der Waals surface area contributed by atoms with Gasteiger partial charge in [0.25, 0.3) is 0 Å². The molecule has 0 saturated heterocycles. The zero-order valence-corrected chi connectivity index (χ0v) is 15.5. The first-order chi connectivity index (χ1) is 11.9. The summed E-state index contributed by atoms with van der Waals surface area (Å²) in [5.41, 5.74) is 8.35. The number of para-hydroxylation sites is 1. The quantitative estimate of drug-likeness (QED) is 0.911. The molecule has 0 saturated carbocycles. The Hall–Kier alpha value is -1.92. The number of hydrogen-bond donors (Lipinski definition) is 1. The minimum atomic E-state index is -0.374. The van der Waals surface area contributed by atoms with Crippen molar-refractivity contribution in [1.82, 2.24) is 14.5 Å². The molecule has 0 atom stereocenters. The van der Waals surface area contributed by atoms with Crippen LogP contribution in [0.25, 0.3) is 16.7 Å². The van der Waals surface area contributed by atoms with Crippen LogP contribution < -0.4 is 5.73 Å². The number of nitrogens with two attached hydrogens (primary N) is 1. The molecular formula is C18H23ClFN5. The Morgan fingerprint density at radius 1 is 1.36 bits per heavy atom. The third-order valence-corrected chi connectivity index (χ3v) is 5.00. The molecule has 2 heterocycles. The Bertz CT molecular complexity index is 853. The van der Waals surface area contributed by atoms with Gasteiger partial charge < -0.3 is 10.3 Å². The van der Waals surface area contributed by atoms with Crippen LogP contribution in [0, 0.1) is 5.82 Å². The van der Waals surface area contributed by atoms with Gasteiger partial charge in [0, 0.05) is 32.7 Å². The lowest BCUT2D eigenvalue weighted by Crippen LogP contribution is -2.35. The molecule has 0 amide bonds. The normalized spacial score (nSPS) is 17.6. The van der Waals surface area contributed by atoms with Gasteiger partial charge in [-0.25, -0.2) is 9.37 Å². The molecule has 1 aromatic carbocycles. The molecule has 5 nitrogen and oxygen atoms in total. The molecule has 0 spiro atoms. The molecule has 1 aliphatic rings. The smallest absolute Gasteiger partial charge is 0.158 e. The minimum Gasteiger partial charge on any atom is -0.394 e. The van der Waals surface area contributed by atoms with Gasteiger partial charge in [0.1, 0.15) is 5.52 Å². The van der Waals surface area contributed by atoms with Crippen molar-refractivity contribution in [3.8, 4) is 0 Å². The van der Waals surface area contributed by atoms with Crippen molar-refractivity contribution in [2.75, 3.05) is 19.6 Å². The second kappa shape index (κ2) is 7.14. The molecular weight excluding hydrogens is 341 g/mol. The van der Waals surface area contributed by atoms with Gasteiger partial charge in [0.05, 0.1) is 22.0 Å². The zero-order valence-electron chi connectivity index (χ0n) is 14.8. The minimum absolute atomic E-state index is 0.291. The standard InChI is InChI=1S/C18H23ClFN5/c1-11(2)25-9-5-8-22-13(10-25)15(19)16(21)18-23-17-12(20)6-4-7-14(17)24(18)3/h4,6-7,11H,5,8-10,21H2,1-3H3/b16-15+. The van der Waals surface area contributed by atoms with E-state index in [9.17, 15) is 4.39 Å². The highest BCUT2D eigenvalue weighted by atomic mass is 35.5. The number of imidazole rings is 1. The van der Waals surface area contributed by atoms with E-state index < -0.39 is 0 Å². The summed E-state index contributed by atoms with van der Waals surface area (Å²) in [5, 5.41) is 0.395. The maximum atomic E-state index is 14.0. The third-order valence-electron chi connectivity index (χ3n) is 4.58. The number of hydrogen-bond acceptors (Lipinski definition) is 4. The Morgan fingerprint density at radius 3 is 2.80 bits per heavy atom. The maximum Gasteiger partial charge on any atom is 0.158 e. The number of rotatable bonds is 3. The molecule has 0 radical (unpaired) electrons. The van der Waals surface area contributed by atoms with E-state index in [4.69, 9.17) is 17.3 Å². The fourth-order valence-corrected chi connectivity index (χ4v) is 3.27. The summed E-state index contributed by atoms with van der Waals surface area (Å²) in [6.45, 7) is 6.65. The number of aromatic nitrogens is 2. The largest absolute Gasteiger partial charge is 0.394 e. The van der Waals surface area contributed by atoms with E-state index in [-0.39, 0.29) is 5.82 Å². The number of aliphatic imine (C=N–C) groups is 1. The van der Waals surface area contributed by atoms with Gasteiger partial charge in [-0.2, -0.15) is 0 Å². The average molecular weight is 364 g/mol. The average Bonchev–Trinajstić information content (AvgIpc) is 2.78. The first kappa shape index (κ1) is 17.9. The highest BCUT2D eigenvalue weighted by Crippen LogP contribution is 2.24. The lowest BCUT2D eigenvalue weighted by Gasteiger charge is -2.25. The molecule has 134 valence electrons. The van der Waals surface area contributed by atoms with Gasteiger partial charge in [-0.05, 0) is 32.4 Å². The van der Waals surface area contributed by atoms with E-state index in [0.29, 0.717) is 40.2 Å². The number of aryl methyl sites for hydroxylation is 1. The number of halogens is 2. The van der Waals surface area contributed by atoms with Gasteiger partial charge in [0.2, 0.25) is 0 Å². The summed E-state index contributed by atoms with van der Waals surface area (Å²) in [4.78, 5) is 11.3. The van der Waals surface area contributed by atoms with Crippen LogP contribution in [0.1, 0.15) is 26.1 Å². The maximum absolute atomic E-state index is 14.0. The number of benzene rings is 1. The second-order valence-corrected chi connectivity index (χ2v) is 6.95. The van der Waals surface area contributed by atoms with Gasteiger partial charge in [0.15, 0.2) is 11.6 Å². The second-order valence-electron chi connectivity index (χ2n) is 6.58. The lowest BCUT2D eigenvalue weighted by molar-refractivity contribution is 0.257. The lowest BCUT2D eigenvalue weighted by atomic mass is 10.2. The summed E-state index contributed by atoms with van der Waals surface area (Å²) in [7, 11) is 1.80. The zero-order chi connectivity index (χ0) is 18.1. The van der Waals surface area contributed by atoms with Crippen molar-refractivity contribution in [1.29, 1.82) is 0 Å². The summed E-state index contributed by atoms with van der Waals surface area (Å²) in [6.07, 6.45) is 0.989. The van der Waals surface area contributed by atoms with Gasteiger partial charge in [-0.3, -0.25) is 9.89 Å². The monoisotopic (exact) mass is 363 g/mol. The van der Waals surface area contributed by atoms with Crippen LogP contribution >= 0.6 is 11.6 Å². The molecule has 1 aromatic heterocycles. The Labute approximate surface area is 152 Å².